The number of sulfonamides is 1. The minimum Gasteiger partial charge on any atom is -0.356 e. The molecule has 32 heavy (non-hydrogen) atoms. The molecular formula is C21H23ClN6O3S. The zero-order valence-electron chi connectivity index (χ0n) is 17.2. The van der Waals surface area contributed by atoms with Crippen LogP contribution in [0, 0.1) is 5.92 Å². The van der Waals surface area contributed by atoms with Crippen LogP contribution in [-0.4, -0.2) is 48.1 Å². The van der Waals surface area contributed by atoms with E-state index in [1.165, 1.54) is 12.1 Å². The van der Waals surface area contributed by atoms with Crippen molar-refractivity contribution < 1.29 is 13.2 Å². The Balaban J connectivity index is 1.26. The lowest BCUT2D eigenvalue weighted by Crippen LogP contribution is -2.45. The van der Waals surface area contributed by atoms with E-state index >= 15 is 0 Å². The number of nitrogens with one attached hydrogen (secondary N) is 2. The minimum atomic E-state index is -3.63. The summed E-state index contributed by atoms with van der Waals surface area (Å²) < 4.78 is 29.9. The standard InChI is InChI=1S/C21H23ClN6O3S/c22-15-3-1-4-17(13-15)32(30,31)26-16-9-11-27(12-10-16)19-6-2-5-18-23-21(25-28(18)19)24-20(29)14-7-8-14/h1-6,13-14,16,26H,7-12H2,(H,24,25,29). The van der Waals surface area contributed by atoms with Crippen molar-refractivity contribution in [1.82, 2.24) is 19.3 Å². The van der Waals surface area contributed by atoms with Crippen LogP contribution < -0.4 is 14.9 Å². The first-order valence-corrected chi connectivity index (χ1v) is 12.4. The van der Waals surface area contributed by atoms with Crippen LogP contribution in [-0.2, 0) is 14.8 Å². The summed E-state index contributed by atoms with van der Waals surface area (Å²) in [4.78, 5) is 18.8. The molecular weight excluding hydrogens is 452 g/mol. The first-order valence-electron chi connectivity index (χ1n) is 10.6. The molecule has 2 fully saturated rings. The Morgan fingerprint density at radius 2 is 1.81 bits per heavy atom. The highest BCUT2D eigenvalue weighted by molar-refractivity contribution is 7.89. The summed E-state index contributed by atoms with van der Waals surface area (Å²) in [7, 11) is -3.63. The van der Waals surface area contributed by atoms with Gasteiger partial charge in [0.05, 0.1) is 4.90 Å². The summed E-state index contributed by atoms with van der Waals surface area (Å²) >= 11 is 5.94. The molecule has 1 amide bonds. The largest absolute Gasteiger partial charge is 0.356 e. The Morgan fingerprint density at radius 3 is 2.53 bits per heavy atom. The molecule has 3 heterocycles. The fourth-order valence-corrected chi connectivity index (χ4v) is 5.50. The van der Waals surface area contributed by atoms with Crippen molar-refractivity contribution in [2.75, 3.05) is 23.3 Å². The van der Waals surface area contributed by atoms with Crippen molar-refractivity contribution in [3.63, 3.8) is 0 Å². The van der Waals surface area contributed by atoms with Crippen molar-refractivity contribution in [1.29, 1.82) is 0 Å². The molecule has 2 aliphatic rings. The van der Waals surface area contributed by atoms with E-state index in [0.717, 1.165) is 18.7 Å². The van der Waals surface area contributed by atoms with E-state index in [4.69, 9.17) is 11.6 Å². The Kier molecular flexibility index (Phi) is 5.52. The topological polar surface area (TPSA) is 109 Å². The van der Waals surface area contributed by atoms with Crippen LogP contribution in [0.4, 0.5) is 11.8 Å². The summed E-state index contributed by atoms with van der Waals surface area (Å²) in [5.41, 5.74) is 0.650. The summed E-state index contributed by atoms with van der Waals surface area (Å²) in [5, 5.41) is 7.65. The lowest BCUT2D eigenvalue weighted by Gasteiger charge is -2.33. The van der Waals surface area contributed by atoms with Gasteiger partial charge in [0, 0.05) is 30.1 Å². The summed E-state index contributed by atoms with van der Waals surface area (Å²) in [6, 6.07) is 11.8. The molecule has 1 saturated heterocycles. The van der Waals surface area contributed by atoms with E-state index in [-0.39, 0.29) is 22.8 Å². The fourth-order valence-electron chi connectivity index (χ4n) is 3.89. The predicted molar refractivity (Wildman–Crippen MR) is 121 cm³/mol. The maximum Gasteiger partial charge on any atom is 0.249 e. The van der Waals surface area contributed by atoms with Gasteiger partial charge in [-0.1, -0.05) is 23.7 Å². The van der Waals surface area contributed by atoms with E-state index in [2.05, 4.69) is 25.0 Å². The molecule has 3 aromatic rings. The lowest BCUT2D eigenvalue weighted by atomic mass is 10.1. The molecule has 5 rings (SSSR count). The number of carbonyl (C=O) groups is 1. The van der Waals surface area contributed by atoms with Crippen LogP contribution in [0.15, 0.2) is 47.4 Å². The number of fused-ring (bicyclic) bond motifs is 1. The zero-order valence-corrected chi connectivity index (χ0v) is 18.8. The number of rotatable bonds is 6. The van der Waals surface area contributed by atoms with Crippen LogP contribution >= 0.6 is 11.6 Å². The third kappa shape index (κ3) is 4.43. The normalized spacial score (nSPS) is 17.6. The number of benzene rings is 1. The molecule has 1 aliphatic heterocycles. The number of nitrogens with zero attached hydrogens (tertiary/aromatic N) is 4. The van der Waals surface area contributed by atoms with Crippen molar-refractivity contribution in [3.8, 4) is 0 Å². The molecule has 9 nitrogen and oxygen atoms in total. The second-order valence-electron chi connectivity index (χ2n) is 8.19. The van der Waals surface area contributed by atoms with E-state index < -0.39 is 10.0 Å². The first-order chi connectivity index (χ1) is 15.4. The molecule has 0 atom stereocenters. The summed E-state index contributed by atoms with van der Waals surface area (Å²) in [6.07, 6.45) is 3.13. The van der Waals surface area contributed by atoms with Crippen LogP contribution in [0.1, 0.15) is 25.7 Å². The van der Waals surface area contributed by atoms with Crippen LogP contribution in [0.3, 0.4) is 0 Å². The fraction of sp³-hybridized carbons (Fsp3) is 0.381. The number of hydrogen-bond acceptors (Lipinski definition) is 6. The average molecular weight is 475 g/mol. The number of hydrogen-bond donors (Lipinski definition) is 2. The zero-order chi connectivity index (χ0) is 22.3. The van der Waals surface area contributed by atoms with Gasteiger partial charge in [0.15, 0.2) is 5.65 Å². The van der Waals surface area contributed by atoms with Crippen LogP contribution in [0.2, 0.25) is 5.02 Å². The second-order valence-corrected chi connectivity index (χ2v) is 10.3. The third-order valence-electron chi connectivity index (χ3n) is 5.77. The van der Waals surface area contributed by atoms with Crippen molar-refractivity contribution in [2.24, 2.45) is 5.92 Å². The van der Waals surface area contributed by atoms with Gasteiger partial charge >= 0.3 is 0 Å². The number of anilines is 2. The number of halogens is 1. The molecule has 11 heteroatoms. The summed E-state index contributed by atoms with van der Waals surface area (Å²) in [5.74, 6) is 1.21. The molecule has 0 bridgehead atoms. The van der Waals surface area contributed by atoms with Gasteiger partial charge in [-0.25, -0.2) is 13.1 Å². The minimum absolute atomic E-state index is 0.0322. The lowest BCUT2D eigenvalue weighted by molar-refractivity contribution is -0.117. The molecule has 0 spiro atoms. The van der Waals surface area contributed by atoms with Gasteiger partial charge in [-0.3, -0.25) is 10.1 Å². The van der Waals surface area contributed by atoms with Gasteiger partial charge in [-0.05, 0) is 56.0 Å². The highest BCUT2D eigenvalue weighted by Crippen LogP contribution is 2.30. The van der Waals surface area contributed by atoms with Crippen LogP contribution in [0.5, 0.6) is 0 Å². The molecule has 2 aromatic heterocycles. The Labute approximate surface area is 190 Å². The SMILES string of the molecule is O=C(Nc1nc2cccc(N3CCC(NS(=O)(=O)c4cccc(Cl)c4)CC3)n2n1)C1CC1. The molecule has 168 valence electrons. The molecule has 2 N–H and O–H groups in total. The number of amides is 1. The Morgan fingerprint density at radius 1 is 1.06 bits per heavy atom. The third-order valence-corrected chi connectivity index (χ3v) is 7.52. The number of pyridine rings is 1. The summed E-state index contributed by atoms with van der Waals surface area (Å²) in [6.45, 7) is 1.32. The van der Waals surface area contributed by atoms with E-state index in [9.17, 15) is 13.2 Å². The smallest absolute Gasteiger partial charge is 0.249 e. The van der Waals surface area contributed by atoms with Gasteiger partial charge in [0.1, 0.15) is 5.82 Å². The molecule has 1 aromatic carbocycles. The highest BCUT2D eigenvalue weighted by Gasteiger charge is 2.31. The quantitative estimate of drug-likeness (QED) is 0.568. The predicted octanol–water partition coefficient (Wildman–Crippen LogP) is 2.68. The van der Waals surface area contributed by atoms with Gasteiger partial charge in [-0.2, -0.15) is 9.50 Å². The maximum absolute atomic E-state index is 12.7. The second kappa shape index (κ2) is 8.34. The Hall–Kier alpha value is -2.69. The van der Waals surface area contributed by atoms with Crippen molar-refractivity contribution >= 4 is 44.9 Å². The monoisotopic (exact) mass is 474 g/mol. The average Bonchev–Trinajstić information content (AvgIpc) is 3.54. The number of aromatic nitrogens is 3. The van der Waals surface area contributed by atoms with E-state index in [1.54, 1.807) is 16.6 Å². The molecule has 0 radical (unpaired) electrons. The Bertz CT molecular complexity index is 1270. The van der Waals surface area contributed by atoms with Gasteiger partial charge < -0.3 is 4.90 Å². The number of carbonyl (C=O) groups excluding carboxylic acids is 1. The first kappa shape index (κ1) is 21.2. The highest BCUT2D eigenvalue weighted by atomic mass is 35.5. The maximum atomic E-state index is 12.7. The van der Waals surface area contributed by atoms with Gasteiger partial charge in [0.25, 0.3) is 0 Å². The van der Waals surface area contributed by atoms with E-state index in [1.807, 2.05) is 18.2 Å². The van der Waals surface area contributed by atoms with Crippen molar-refractivity contribution in [3.05, 3.63) is 47.5 Å². The number of piperidine rings is 1. The van der Waals surface area contributed by atoms with Gasteiger partial charge in [0.2, 0.25) is 21.9 Å². The molecule has 0 unspecified atom stereocenters. The van der Waals surface area contributed by atoms with E-state index in [0.29, 0.717) is 42.5 Å². The van der Waals surface area contributed by atoms with Gasteiger partial charge in [-0.15, -0.1) is 5.10 Å². The molecule has 1 aliphatic carbocycles. The van der Waals surface area contributed by atoms with Crippen molar-refractivity contribution in [2.45, 2.75) is 36.6 Å². The molecule has 1 saturated carbocycles. The van der Waals surface area contributed by atoms with Crippen LogP contribution in [0.25, 0.3) is 5.65 Å².